The third kappa shape index (κ3) is 5.93. The Kier molecular flexibility index (Phi) is 5.82. The third-order valence-corrected chi connectivity index (χ3v) is 2.60. The minimum Gasteiger partial charge on any atom is -0.508 e. The van der Waals surface area contributed by atoms with Gasteiger partial charge in [-0.1, -0.05) is 12.1 Å². The van der Waals surface area contributed by atoms with Gasteiger partial charge in [0, 0.05) is 13.1 Å². The van der Waals surface area contributed by atoms with Crippen molar-refractivity contribution in [1.29, 1.82) is 0 Å². The molecule has 1 rings (SSSR count). The molecule has 5 heteroatoms. The first kappa shape index (κ1) is 16.3. The monoisotopic (exact) mass is 281 g/mol. The number of ether oxygens (including phenoxy) is 1. The lowest BCUT2D eigenvalue weighted by Gasteiger charge is -2.27. The van der Waals surface area contributed by atoms with E-state index in [0.29, 0.717) is 13.0 Å². The van der Waals surface area contributed by atoms with Crippen molar-refractivity contribution in [2.24, 2.45) is 0 Å². The molecule has 0 bridgehead atoms. The number of hydrogen-bond acceptors (Lipinski definition) is 4. The lowest BCUT2D eigenvalue weighted by atomic mass is 10.1. The molecule has 0 aliphatic heterocycles. The topological polar surface area (TPSA) is 70.0 Å². The van der Waals surface area contributed by atoms with Crippen LogP contribution in [0.2, 0.25) is 0 Å². The van der Waals surface area contributed by atoms with E-state index in [0.717, 1.165) is 5.56 Å². The van der Waals surface area contributed by atoms with Gasteiger partial charge in [-0.2, -0.15) is 0 Å². The molecule has 1 aromatic carbocycles. The summed E-state index contributed by atoms with van der Waals surface area (Å²) in [6, 6.07) is 6.90. The van der Waals surface area contributed by atoms with Crippen molar-refractivity contribution in [2.45, 2.75) is 32.8 Å². The second-order valence-electron chi connectivity index (χ2n) is 5.61. The second kappa shape index (κ2) is 7.14. The van der Waals surface area contributed by atoms with Gasteiger partial charge in [-0.25, -0.2) is 4.79 Å². The normalized spacial score (nSPS) is 11.2. The smallest absolute Gasteiger partial charge is 0.410 e. The van der Waals surface area contributed by atoms with Crippen LogP contribution in [0.1, 0.15) is 26.3 Å². The summed E-state index contributed by atoms with van der Waals surface area (Å²) in [5.41, 5.74) is 0.368. The van der Waals surface area contributed by atoms with Crippen LogP contribution in [0.3, 0.4) is 0 Å². The number of aliphatic hydroxyl groups excluding tert-OH is 1. The molecule has 0 aromatic heterocycles. The van der Waals surface area contributed by atoms with Crippen LogP contribution in [0.4, 0.5) is 4.79 Å². The van der Waals surface area contributed by atoms with Gasteiger partial charge in [-0.15, -0.1) is 0 Å². The fraction of sp³-hybridized carbons (Fsp3) is 0.533. The van der Waals surface area contributed by atoms with Crippen molar-refractivity contribution in [2.75, 3.05) is 19.7 Å². The lowest BCUT2D eigenvalue weighted by molar-refractivity contribution is 0.0221. The molecule has 1 amide bonds. The first-order chi connectivity index (χ1) is 9.31. The Balaban J connectivity index is 2.61. The number of carbonyl (C=O) groups excluding carboxylic acids is 1. The molecule has 2 N–H and O–H groups in total. The van der Waals surface area contributed by atoms with E-state index in [1.165, 1.54) is 4.90 Å². The van der Waals surface area contributed by atoms with Crippen molar-refractivity contribution >= 4 is 6.09 Å². The zero-order valence-corrected chi connectivity index (χ0v) is 12.3. The number of aliphatic hydroxyl groups is 1. The molecule has 0 radical (unpaired) electrons. The summed E-state index contributed by atoms with van der Waals surface area (Å²) in [4.78, 5) is 13.4. The van der Waals surface area contributed by atoms with E-state index in [1.54, 1.807) is 39.0 Å². The average molecular weight is 281 g/mol. The first-order valence-electron chi connectivity index (χ1n) is 6.68. The van der Waals surface area contributed by atoms with Crippen LogP contribution in [0.15, 0.2) is 24.3 Å². The first-order valence-corrected chi connectivity index (χ1v) is 6.68. The van der Waals surface area contributed by atoms with Gasteiger partial charge < -0.3 is 19.8 Å². The van der Waals surface area contributed by atoms with Crippen LogP contribution in [0, 0.1) is 0 Å². The summed E-state index contributed by atoms with van der Waals surface area (Å²) in [5, 5.41) is 18.4. The van der Waals surface area contributed by atoms with Gasteiger partial charge >= 0.3 is 6.09 Å². The van der Waals surface area contributed by atoms with E-state index >= 15 is 0 Å². The molecule has 1 aromatic rings. The number of phenols is 1. The SMILES string of the molecule is CC(C)(C)OC(=O)N(CCO)CCc1cccc(O)c1. The highest BCUT2D eigenvalue weighted by atomic mass is 16.6. The number of phenolic OH excluding ortho intramolecular Hbond substituents is 1. The molecular formula is C15H23NO4. The number of rotatable bonds is 5. The number of aromatic hydroxyl groups is 1. The van der Waals surface area contributed by atoms with Crippen LogP contribution in [-0.4, -0.2) is 46.5 Å². The van der Waals surface area contributed by atoms with Gasteiger partial charge in [0.1, 0.15) is 11.4 Å². The molecule has 0 aliphatic carbocycles. The number of benzene rings is 1. The van der Waals surface area contributed by atoms with E-state index in [2.05, 4.69) is 0 Å². The predicted molar refractivity (Wildman–Crippen MR) is 76.7 cm³/mol. The maximum atomic E-state index is 12.0. The van der Waals surface area contributed by atoms with Gasteiger partial charge in [-0.05, 0) is 44.9 Å². The van der Waals surface area contributed by atoms with E-state index in [9.17, 15) is 9.90 Å². The summed E-state index contributed by atoms with van der Waals surface area (Å²) in [6.07, 6.45) is 0.153. The lowest BCUT2D eigenvalue weighted by Crippen LogP contribution is -2.39. The number of amides is 1. The van der Waals surface area contributed by atoms with Crippen molar-refractivity contribution in [3.63, 3.8) is 0 Å². The quantitative estimate of drug-likeness (QED) is 0.867. The number of nitrogens with zero attached hydrogens (tertiary/aromatic N) is 1. The Morgan fingerprint density at radius 3 is 2.55 bits per heavy atom. The van der Waals surface area contributed by atoms with E-state index in [1.807, 2.05) is 6.07 Å². The summed E-state index contributed by atoms with van der Waals surface area (Å²) in [5.74, 6) is 0.202. The van der Waals surface area contributed by atoms with E-state index < -0.39 is 11.7 Å². The van der Waals surface area contributed by atoms with Gasteiger partial charge in [0.05, 0.1) is 6.61 Å². The Labute approximate surface area is 119 Å². The predicted octanol–water partition coefficient (Wildman–Crippen LogP) is 2.16. The Hall–Kier alpha value is -1.75. The van der Waals surface area contributed by atoms with Crippen LogP contribution < -0.4 is 0 Å². The van der Waals surface area contributed by atoms with Crippen molar-refractivity contribution in [3.05, 3.63) is 29.8 Å². The molecular weight excluding hydrogens is 258 g/mol. The standard InChI is InChI=1S/C15H23NO4/c1-15(2,3)20-14(19)16(9-10-17)8-7-12-5-4-6-13(18)11-12/h4-6,11,17-18H,7-10H2,1-3H3. The minimum atomic E-state index is -0.560. The third-order valence-electron chi connectivity index (χ3n) is 2.60. The van der Waals surface area contributed by atoms with Crippen molar-refractivity contribution < 1.29 is 19.7 Å². The van der Waals surface area contributed by atoms with Crippen LogP contribution >= 0.6 is 0 Å². The number of carbonyl (C=O) groups is 1. The molecule has 20 heavy (non-hydrogen) atoms. The highest BCUT2D eigenvalue weighted by molar-refractivity contribution is 5.68. The van der Waals surface area contributed by atoms with Crippen LogP contribution in [-0.2, 0) is 11.2 Å². The molecule has 5 nitrogen and oxygen atoms in total. The molecule has 0 spiro atoms. The molecule has 0 saturated heterocycles. The molecule has 0 saturated carbocycles. The van der Waals surface area contributed by atoms with Crippen molar-refractivity contribution in [3.8, 4) is 5.75 Å². The Morgan fingerprint density at radius 1 is 1.30 bits per heavy atom. The Morgan fingerprint density at radius 2 is 2.00 bits per heavy atom. The molecule has 112 valence electrons. The molecule has 0 unspecified atom stereocenters. The average Bonchev–Trinajstić information content (AvgIpc) is 2.32. The highest BCUT2D eigenvalue weighted by Gasteiger charge is 2.21. The van der Waals surface area contributed by atoms with E-state index in [-0.39, 0.29) is 18.9 Å². The summed E-state index contributed by atoms with van der Waals surface area (Å²) >= 11 is 0. The van der Waals surface area contributed by atoms with E-state index in [4.69, 9.17) is 9.84 Å². The van der Waals surface area contributed by atoms with Crippen LogP contribution in [0.25, 0.3) is 0 Å². The van der Waals surface area contributed by atoms with Crippen LogP contribution in [0.5, 0.6) is 5.75 Å². The zero-order valence-electron chi connectivity index (χ0n) is 12.3. The zero-order chi connectivity index (χ0) is 15.2. The summed E-state index contributed by atoms with van der Waals surface area (Å²) in [7, 11) is 0. The summed E-state index contributed by atoms with van der Waals surface area (Å²) in [6.45, 7) is 5.96. The maximum Gasteiger partial charge on any atom is 0.410 e. The van der Waals surface area contributed by atoms with Gasteiger partial charge in [0.15, 0.2) is 0 Å². The molecule has 0 heterocycles. The van der Waals surface area contributed by atoms with Gasteiger partial charge in [0.25, 0.3) is 0 Å². The van der Waals surface area contributed by atoms with Gasteiger partial charge in [-0.3, -0.25) is 0 Å². The summed E-state index contributed by atoms with van der Waals surface area (Å²) < 4.78 is 5.29. The fourth-order valence-corrected chi connectivity index (χ4v) is 1.72. The maximum absolute atomic E-state index is 12.0. The molecule has 0 aliphatic rings. The minimum absolute atomic E-state index is 0.112. The molecule has 0 fully saturated rings. The number of hydrogen-bond donors (Lipinski definition) is 2. The largest absolute Gasteiger partial charge is 0.508 e. The van der Waals surface area contributed by atoms with Gasteiger partial charge in [0.2, 0.25) is 0 Å². The fourth-order valence-electron chi connectivity index (χ4n) is 1.72. The second-order valence-corrected chi connectivity index (χ2v) is 5.61. The Bertz CT molecular complexity index is 440. The molecule has 0 atom stereocenters. The van der Waals surface area contributed by atoms with Crippen molar-refractivity contribution in [1.82, 2.24) is 4.90 Å². The highest BCUT2D eigenvalue weighted by Crippen LogP contribution is 2.13.